The van der Waals surface area contributed by atoms with Crippen molar-refractivity contribution in [3.8, 4) is 0 Å². The third-order valence-corrected chi connectivity index (χ3v) is 4.81. The Morgan fingerprint density at radius 2 is 2.18 bits per heavy atom. The van der Waals surface area contributed by atoms with Crippen molar-refractivity contribution in [2.75, 3.05) is 0 Å². The number of amides is 1. The molecule has 0 aliphatic heterocycles. The van der Waals surface area contributed by atoms with Crippen molar-refractivity contribution in [3.05, 3.63) is 46.7 Å². The number of carbonyl (C=O) groups excluding carboxylic acids is 1. The van der Waals surface area contributed by atoms with E-state index in [1.807, 2.05) is 26.1 Å². The molecule has 1 aromatic carbocycles. The van der Waals surface area contributed by atoms with E-state index >= 15 is 0 Å². The summed E-state index contributed by atoms with van der Waals surface area (Å²) in [6.45, 7) is 4.43. The van der Waals surface area contributed by atoms with Gasteiger partial charge in [0.1, 0.15) is 0 Å². The SMILES string of the molecule is C[C@H](Cn1cccn1)NC(=O)[C@H](C)Sc1cc(Cl)ccc1Cl. The predicted octanol–water partition coefficient (Wildman–Crippen LogP) is 3.88. The van der Waals surface area contributed by atoms with Crippen LogP contribution in [-0.4, -0.2) is 27.0 Å². The fourth-order valence-corrected chi connectivity index (χ4v) is 3.33. The summed E-state index contributed by atoms with van der Waals surface area (Å²) in [6.07, 6.45) is 3.58. The Hall–Kier alpha value is -1.17. The van der Waals surface area contributed by atoms with Gasteiger partial charge in [-0.25, -0.2) is 0 Å². The zero-order valence-corrected chi connectivity index (χ0v) is 14.6. The Morgan fingerprint density at radius 3 is 2.86 bits per heavy atom. The molecule has 0 fully saturated rings. The summed E-state index contributed by atoms with van der Waals surface area (Å²) in [5.41, 5.74) is 0. The highest BCUT2D eigenvalue weighted by Crippen LogP contribution is 2.32. The Kier molecular flexibility index (Phi) is 6.17. The Labute approximate surface area is 144 Å². The van der Waals surface area contributed by atoms with Crippen molar-refractivity contribution in [2.24, 2.45) is 0 Å². The highest BCUT2D eigenvalue weighted by Gasteiger charge is 2.18. The maximum Gasteiger partial charge on any atom is 0.233 e. The molecule has 1 aromatic heterocycles. The summed E-state index contributed by atoms with van der Waals surface area (Å²) in [5.74, 6) is -0.0410. The van der Waals surface area contributed by atoms with Crippen LogP contribution in [0.4, 0.5) is 0 Å². The van der Waals surface area contributed by atoms with Gasteiger partial charge in [0.2, 0.25) is 5.91 Å². The quantitative estimate of drug-likeness (QED) is 0.798. The van der Waals surface area contributed by atoms with E-state index in [9.17, 15) is 4.79 Å². The van der Waals surface area contributed by atoms with Gasteiger partial charge in [-0.2, -0.15) is 5.10 Å². The normalized spacial score (nSPS) is 13.6. The third-order valence-electron chi connectivity index (χ3n) is 2.97. The van der Waals surface area contributed by atoms with Crippen molar-refractivity contribution in [1.82, 2.24) is 15.1 Å². The first-order valence-electron chi connectivity index (χ1n) is 6.85. The number of carbonyl (C=O) groups is 1. The molecule has 2 atom stereocenters. The zero-order valence-electron chi connectivity index (χ0n) is 12.3. The van der Waals surface area contributed by atoms with E-state index in [1.54, 1.807) is 29.1 Å². The molecule has 2 aromatic rings. The summed E-state index contributed by atoms with van der Waals surface area (Å²) < 4.78 is 1.79. The van der Waals surface area contributed by atoms with Crippen LogP contribution in [0.25, 0.3) is 0 Å². The van der Waals surface area contributed by atoms with Crippen LogP contribution >= 0.6 is 35.0 Å². The largest absolute Gasteiger partial charge is 0.351 e. The van der Waals surface area contributed by atoms with E-state index in [0.717, 1.165) is 4.90 Å². The molecule has 1 heterocycles. The number of thioether (sulfide) groups is 1. The van der Waals surface area contributed by atoms with Crippen LogP contribution in [0.5, 0.6) is 0 Å². The highest BCUT2D eigenvalue weighted by molar-refractivity contribution is 8.00. The predicted molar refractivity (Wildman–Crippen MR) is 91.6 cm³/mol. The van der Waals surface area contributed by atoms with Crippen molar-refractivity contribution in [3.63, 3.8) is 0 Å². The van der Waals surface area contributed by atoms with Crippen LogP contribution in [0.1, 0.15) is 13.8 Å². The van der Waals surface area contributed by atoms with E-state index < -0.39 is 0 Å². The van der Waals surface area contributed by atoms with Gasteiger partial charge in [0.25, 0.3) is 0 Å². The summed E-state index contributed by atoms with van der Waals surface area (Å²) in [6, 6.07) is 7.08. The maximum absolute atomic E-state index is 12.2. The van der Waals surface area contributed by atoms with Crippen LogP contribution in [0.2, 0.25) is 10.0 Å². The molecular formula is C15H17Cl2N3OS. The molecule has 0 radical (unpaired) electrons. The van der Waals surface area contributed by atoms with Crippen LogP contribution in [0.3, 0.4) is 0 Å². The third kappa shape index (κ3) is 4.93. The Bertz CT molecular complexity index is 634. The second kappa shape index (κ2) is 7.90. The van der Waals surface area contributed by atoms with Crippen molar-refractivity contribution in [1.29, 1.82) is 0 Å². The fraction of sp³-hybridized carbons (Fsp3) is 0.333. The summed E-state index contributed by atoms with van der Waals surface area (Å²) >= 11 is 13.5. The summed E-state index contributed by atoms with van der Waals surface area (Å²) in [7, 11) is 0. The van der Waals surface area contributed by atoms with E-state index in [-0.39, 0.29) is 17.2 Å². The van der Waals surface area contributed by atoms with E-state index in [4.69, 9.17) is 23.2 Å². The summed E-state index contributed by atoms with van der Waals surface area (Å²) in [4.78, 5) is 13.0. The van der Waals surface area contributed by atoms with E-state index in [2.05, 4.69) is 10.4 Å². The molecule has 0 bridgehead atoms. The molecule has 1 amide bonds. The lowest BCUT2D eigenvalue weighted by Crippen LogP contribution is -2.39. The average Bonchev–Trinajstić information content (AvgIpc) is 2.95. The van der Waals surface area contributed by atoms with Gasteiger partial charge in [-0.05, 0) is 38.1 Å². The van der Waals surface area contributed by atoms with Crippen molar-refractivity contribution in [2.45, 2.75) is 36.6 Å². The molecule has 0 unspecified atom stereocenters. The average molecular weight is 358 g/mol. The number of hydrogen-bond donors (Lipinski definition) is 1. The number of nitrogens with zero attached hydrogens (tertiary/aromatic N) is 2. The molecule has 0 saturated carbocycles. The van der Waals surface area contributed by atoms with Crippen LogP contribution < -0.4 is 5.32 Å². The molecular weight excluding hydrogens is 341 g/mol. The number of aromatic nitrogens is 2. The molecule has 118 valence electrons. The Balaban J connectivity index is 1.90. The first-order chi connectivity index (χ1) is 10.5. The topological polar surface area (TPSA) is 46.9 Å². The lowest BCUT2D eigenvalue weighted by molar-refractivity contribution is -0.121. The van der Waals surface area contributed by atoms with E-state index in [1.165, 1.54) is 11.8 Å². The van der Waals surface area contributed by atoms with Gasteiger partial charge in [-0.1, -0.05) is 23.2 Å². The minimum absolute atomic E-state index is 0.00900. The van der Waals surface area contributed by atoms with Gasteiger partial charge in [-0.3, -0.25) is 9.48 Å². The fourth-order valence-electron chi connectivity index (χ4n) is 1.91. The number of halogens is 2. The molecule has 0 spiro atoms. The smallest absolute Gasteiger partial charge is 0.233 e. The van der Waals surface area contributed by atoms with Gasteiger partial charge < -0.3 is 5.32 Å². The molecule has 0 saturated heterocycles. The number of rotatable bonds is 6. The van der Waals surface area contributed by atoms with E-state index in [0.29, 0.717) is 16.6 Å². The highest BCUT2D eigenvalue weighted by atomic mass is 35.5. The monoisotopic (exact) mass is 357 g/mol. The minimum atomic E-state index is -0.268. The van der Waals surface area contributed by atoms with Gasteiger partial charge >= 0.3 is 0 Å². The number of hydrogen-bond acceptors (Lipinski definition) is 3. The first-order valence-corrected chi connectivity index (χ1v) is 8.49. The molecule has 4 nitrogen and oxygen atoms in total. The van der Waals surface area contributed by atoms with Gasteiger partial charge in [0.05, 0.1) is 16.8 Å². The van der Waals surface area contributed by atoms with Gasteiger partial charge in [-0.15, -0.1) is 11.8 Å². The molecule has 22 heavy (non-hydrogen) atoms. The molecule has 1 N–H and O–H groups in total. The van der Waals surface area contributed by atoms with Crippen molar-refractivity contribution < 1.29 is 4.79 Å². The van der Waals surface area contributed by atoms with Crippen LogP contribution in [0.15, 0.2) is 41.6 Å². The van der Waals surface area contributed by atoms with Crippen molar-refractivity contribution >= 4 is 40.9 Å². The maximum atomic E-state index is 12.2. The van der Waals surface area contributed by atoms with Crippen LogP contribution in [-0.2, 0) is 11.3 Å². The minimum Gasteiger partial charge on any atom is -0.351 e. The lowest BCUT2D eigenvalue weighted by Gasteiger charge is -2.18. The molecule has 7 heteroatoms. The second-order valence-corrected chi connectivity index (χ2v) is 7.20. The zero-order chi connectivity index (χ0) is 16.1. The van der Waals surface area contributed by atoms with Crippen LogP contribution in [0, 0.1) is 0 Å². The molecule has 0 aliphatic carbocycles. The standard InChI is InChI=1S/C15H17Cl2N3OS/c1-10(9-20-7-3-6-18-20)19-15(21)11(2)22-14-8-12(16)4-5-13(14)17/h3-8,10-11H,9H2,1-2H3,(H,19,21)/t10-,11+/m1/s1. The lowest BCUT2D eigenvalue weighted by atomic mass is 10.3. The van der Waals surface area contributed by atoms with Gasteiger partial charge in [0, 0.05) is 28.4 Å². The molecule has 2 rings (SSSR count). The Morgan fingerprint density at radius 1 is 1.41 bits per heavy atom. The second-order valence-electron chi connectivity index (χ2n) is 4.97. The first kappa shape index (κ1) is 17.2. The number of benzene rings is 1. The van der Waals surface area contributed by atoms with Gasteiger partial charge in [0.15, 0.2) is 0 Å². The number of nitrogens with one attached hydrogen (secondary N) is 1. The molecule has 0 aliphatic rings. The summed E-state index contributed by atoms with van der Waals surface area (Å²) in [5, 5.41) is 8.03.